The van der Waals surface area contributed by atoms with Crippen LogP contribution in [0.1, 0.15) is 25.5 Å². The summed E-state index contributed by atoms with van der Waals surface area (Å²) in [5.74, 6) is 0.959. The number of para-hydroxylation sites is 2. The maximum absolute atomic E-state index is 13.7. The Hall–Kier alpha value is -4.66. The van der Waals surface area contributed by atoms with Crippen molar-refractivity contribution in [3.05, 3.63) is 99.7 Å². The van der Waals surface area contributed by atoms with E-state index in [1.54, 1.807) is 43.3 Å². The van der Waals surface area contributed by atoms with Crippen molar-refractivity contribution in [1.29, 1.82) is 0 Å². The lowest BCUT2D eigenvalue weighted by molar-refractivity contribution is -0.384. The molecule has 0 saturated carbocycles. The van der Waals surface area contributed by atoms with E-state index in [1.165, 1.54) is 12.1 Å². The second-order valence-electron chi connectivity index (χ2n) is 8.12. The smallest absolute Gasteiger partial charge is 0.269 e. The van der Waals surface area contributed by atoms with E-state index in [2.05, 4.69) is 15.6 Å². The minimum Gasteiger partial charge on any atom is -0.494 e. The molecule has 2 N–H and O–H groups in total. The maximum atomic E-state index is 13.7. The summed E-state index contributed by atoms with van der Waals surface area (Å²) < 4.78 is 7.39. The zero-order valence-corrected chi connectivity index (χ0v) is 19.2. The first-order valence-corrected chi connectivity index (χ1v) is 11.2. The van der Waals surface area contributed by atoms with Crippen LogP contribution in [0, 0.1) is 10.1 Å². The molecule has 0 aliphatic carbocycles. The minimum atomic E-state index is -0.624. The number of carbonyl (C=O) groups is 1. The SMILES string of the molecule is CCOc1ccc(NC(=O)C2=C(C)Nc3nc4ccccc4n3C2c2cccc([N+](=O)[O-])c2)cc1. The molecule has 3 aromatic carbocycles. The number of imidazole rings is 1. The molecule has 0 radical (unpaired) electrons. The summed E-state index contributed by atoms with van der Waals surface area (Å²) in [5.41, 5.74) is 3.80. The molecule has 1 unspecified atom stereocenters. The third kappa shape index (κ3) is 4.08. The van der Waals surface area contributed by atoms with E-state index in [9.17, 15) is 14.9 Å². The zero-order valence-electron chi connectivity index (χ0n) is 19.2. The fourth-order valence-corrected chi connectivity index (χ4v) is 4.38. The average Bonchev–Trinajstić information content (AvgIpc) is 3.22. The van der Waals surface area contributed by atoms with Crippen molar-refractivity contribution in [2.45, 2.75) is 19.9 Å². The number of fused-ring (bicyclic) bond motifs is 3. The first-order valence-electron chi connectivity index (χ1n) is 11.2. The molecule has 0 spiro atoms. The highest BCUT2D eigenvalue weighted by Crippen LogP contribution is 2.40. The monoisotopic (exact) mass is 469 g/mol. The molecule has 35 heavy (non-hydrogen) atoms. The summed E-state index contributed by atoms with van der Waals surface area (Å²) in [6, 6.07) is 20.5. The Labute approximate surface area is 201 Å². The van der Waals surface area contributed by atoms with Gasteiger partial charge in [-0.05, 0) is 55.8 Å². The largest absolute Gasteiger partial charge is 0.494 e. The molecule has 176 valence electrons. The van der Waals surface area contributed by atoms with E-state index in [0.29, 0.717) is 40.8 Å². The highest BCUT2D eigenvalue weighted by atomic mass is 16.6. The number of benzene rings is 3. The molecule has 1 amide bonds. The van der Waals surface area contributed by atoms with E-state index < -0.39 is 11.0 Å². The van der Waals surface area contributed by atoms with Gasteiger partial charge in [0.2, 0.25) is 5.95 Å². The number of hydrogen-bond acceptors (Lipinski definition) is 6. The molecule has 0 bridgehead atoms. The summed E-state index contributed by atoms with van der Waals surface area (Å²) in [6.45, 7) is 4.26. The Balaban J connectivity index is 1.61. The Kier molecular flexibility index (Phi) is 5.66. The van der Waals surface area contributed by atoms with Crippen molar-refractivity contribution in [1.82, 2.24) is 9.55 Å². The number of anilines is 2. The Bertz CT molecular complexity index is 1470. The Morgan fingerprint density at radius 3 is 2.66 bits per heavy atom. The molecular formula is C26H23N5O4. The van der Waals surface area contributed by atoms with Gasteiger partial charge < -0.3 is 15.4 Å². The molecule has 0 saturated heterocycles. The van der Waals surface area contributed by atoms with Crippen LogP contribution in [0.2, 0.25) is 0 Å². The van der Waals surface area contributed by atoms with Gasteiger partial charge in [0.15, 0.2) is 0 Å². The van der Waals surface area contributed by atoms with Gasteiger partial charge in [0.1, 0.15) is 5.75 Å². The predicted molar refractivity (Wildman–Crippen MR) is 134 cm³/mol. The van der Waals surface area contributed by atoms with Gasteiger partial charge in [0.25, 0.3) is 11.6 Å². The number of nitro benzene ring substituents is 1. The molecular weight excluding hydrogens is 446 g/mol. The van der Waals surface area contributed by atoms with Gasteiger partial charge >= 0.3 is 0 Å². The summed E-state index contributed by atoms with van der Waals surface area (Å²) in [4.78, 5) is 29.4. The number of amides is 1. The van der Waals surface area contributed by atoms with Crippen molar-refractivity contribution in [2.75, 3.05) is 17.2 Å². The summed E-state index contributed by atoms with van der Waals surface area (Å²) >= 11 is 0. The van der Waals surface area contributed by atoms with Gasteiger partial charge in [-0.15, -0.1) is 0 Å². The van der Waals surface area contributed by atoms with Gasteiger partial charge in [-0.2, -0.15) is 0 Å². The van der Waals surface area contributed by atoms with E-state index >= 15 is 0 Å². The number of allylic oxidation sites excluding steroid dienone is 1. The van der Waals surface area contributed by atoms with Crippen LogP contribution in [0.15, 0.2) is 84.1 Å². The second kappa shape index (κ2) is 8.94. The van der Waals surface area contributed by atoms with Crippen LogP contribution in [0.3, 0.4) is 0 Å². The van der Waals surface area contributed by atoms with E-state index in [4.69, 9.17) is 4.74 Å². The van der Waals surface area contributed by atoms with Crippen LogP contribution in [-0.4, -0.2) is 27.0 Å². The number of hydrogen-bond donors (Lipinski definition) is 2. The maximum Gasteiger partial charge on any atom is 0.269 e. The van der Waals surface area contributed by atoms with Crippen LogP contribution in [-0.2, 0) is 4.79 Å². The van der Waals surface area contributed by atoms with Crippen LogP contribution >= 0.6 is 0 Å². The molecule has 1 aliphatic rings. The van der Waals surface area contributed by atoms with Crippen molar-refractivity contribution < 1.29 is 14.5 Å². The van der Waals surface area contributed by atoms with Crippen LogP contribution in [0.25, 0.3) is 11.0 Å². The van der Waals surface area contributed by atoms with E-state index in [1.807, 2.05) is 35.8 Å². The van der Waals surface area contributed by atoms with Gasteiger partial charge in [-0.1, -0.05) is 24.3 Å². The number of non-ortho nitro benzene ring substituents is 1. The first kappa shape index (κ1) is 22.1. The third-order valence-corrected chi connectivity index (χ3v) is 5.90. The minimum absolute atomic E-state index is 0.0454. The zero-order chi connectivity index (χ0) is 24.5. The molecule has 4 aromatic rings. The number of nitrogens with one attached hydrogen (secondary N) is 2. The summed E-state index contributed by atoms with van der Waals surface area (Å²) in [7, 11) is 0. The molecule has 0 fully saturated rings. The highest BCUT2D eigenvalue weighted by molar-refractivity contribution is 6.06. The lowest BCUT2D eigenvalue weighted by Crippen LogP contribution is -2.31. The Morgan fingerprint density at radius 1 is 1.14 bits per heavy atom. The first-order chi connectivity index (χ1) is 17.0. The lowest BCUT2D eigenvalue weighted by atomic mass is 9.94. The summed E-state index contributed by atoms with van der Waals surface area (Å²) in [5, 5.41) is 17.7. The van der Waals surface area contributed by atoms with Gasteiger partial charge in [-0.25, -0.2) is 4.98 Å². The van der Waals surface area contributed by atoms with Crippen LogP contribution in [0.4, 0.5) is 17.3 Å². The quantitative estimate of drug-likeness (QED) is 0.294. The van der Waals surface area contributed by atoms with Crippen LogP contribution in [0.5, 0.6) is 5.75 Å². The van der Waals surface area contributed by atoms with Crippen molar-refractivity contribution in [3.8, 4) is 5.75 Å². The fourth-order valence-electron chi connectivity index (χ4n) is 4.38. The molecule has 9 heteroatoms. The van der Waals surface area contributed by atoms with E-state index in [0.717, 1.165) is 11.0 Å². The molecule has 1 aliphatic heterocycles. The number of nitro groups is 1. The third-order valence-electron chi connectivity index (χ3n) is 5.90. The standard InChI is InChI=1S/C26H23N5O4/c1-3-35-20-13-11-18(12-14-20)28-25(32)23-16(2)27-26-29-21-9-4-5-10-22(21)30(26)24(23)17-7-6-8-19(15-17)31(33)34/h4-15,24H,3H2,1-2H3,(H,27,29)(H,28,32). The second-order valence-corrected chi connectivity index (χ2v) is 8.12. The fraction of sp³-hybridized carbons (Fsp3) is 0.154. The molecule has 2 heterocycles. The molecule has 9 nitrogen and oxygen atoms in total. The molecule has 5 rings (SSSR count). The van der Waals surface area contributed by atoms with Crippen LogP contribution < -0.4 is 15.4 Å². The number of rotatable bonds is 6. The van der Waals surface area contributed by atoms with Crippen molar-refractivity contribution in [3.63, 3.8) is 0 Å². The number of nitrogens with zero attached hydrogens (tertiary/aromatic N) is 3. The predicted octanol–water partition coefficient (Wildman–Crippen LogP) is 5.27. The molecule has 1 aromatic heterocycles. The van der Waals surface area contributed by atoms with Crippen molar-refractivity contribution in [2.24, 2.45) is 0 Å². The highest BCUT2D eigenvalue weighted by Gasteiger charge is 2.34. The van der Waals surface area contributed by atoms with Gasteiger partial charge in [0, 0.05) is 23.5 Å². The number of carbonyl (C=O) groups excluding carboxylic acids is 1. The Morgan fingerprint density at radius 2 is 1.91 bits per heavy atom. The summed E-state index contributed by atoms with van der Waals surface area (Å²) in [6.07, 6.45) is 0. The average molecular weight is 470 g/mol. The van der Waals surface area contributed by atoms with E-state index in [-0.39, 0.29) is 11.6 Å². The topological polar surface area (TPSA) is 111 Å². The van der Waals surface area contributed by atoms with Gasteiger partial charge in [-0.3, -0.25) is 19.5 Å². The van der Waals surface area contributed by atoms with Crippen molar-refractivity contribution >= 4 is 34.3 Å². The normalized spacial score (nSPS) is 14.9. The number of ether oxygens (including phenoxy) is 1. The lowest BCUT2D eigenvalue weighted by Gasteiger charge is -2.30. The number of aromatic nitrogens is 2. The molecule has 1 atom stereocenters. The van der Waals surface area contributed by atoms with Gasteiger partial charge in [0.05, 0.1) is 34.2 Å².